The van der Waals surface area contributed by atoms with Crippen LogP contribution in [0.2, 0.25) is 0 Å². The molecule has 0 aliphatic heterocycles. The van der Waals surface area contributed by atoms with Crippen molar-refractivity contribution >= 4 is 33.3 Å². The second kappa shape index (κ2) is 6.70. The second-order valence-corrected chi connectivity index (χ2v) is 5.43. The molecule has 0 saturated carbocycles. The molecule has 0 radical (unpaired) electrons. The minimum Gasteiger partial charge on any atom is -0.357 e. The number of benzene rings is 1. The first kappa shape index (κ1) is 14.8. The van der Waals surface area contributed by atoms with Crippen molar-refractivity contribution in [2.75, 3.05) is 23.3 Å². The van der Waals surface area contributed by atoms with E-state index in [0.29, 0.717) is 0 Å². The average Bonchev–Trinajstić information content (AvgIpc) is 2.44. The predicted molar refractivity (Wildman–Crippen MR) is 87.8 cm³/mol. The minimum atomic E-state index is 0.812. The lowest BCUT2D eigenvalue weighted by molar-refractivity contribution is 0.842. The first-order valence-corrected chi connectivity index (χ1v) is 7.53. The Balaban J connectivity index is 2.23. The van der Waals surface area contributed by atoms with Crippen molar-refractivity contribution in [2.24, 2.45) is 0 Å². The summed E-state index contributed by atoms with van der Waals surface area (Å²) in [6, 6.07) is 8.11. The van der Waals surface area contributed by atoms with Crippen LogP contribution in [0.15, 0.2) is 35.1 Å². The Hall–Kier alpha value is -1.62. The molecular weight excluding hydrogens is 316 g/mol. The summed E-state index contributed by atoms with van der Waals surface area (Å²) < 4.78 is 1.08. The van der Waals surface area contributed by atoms with Crippen LogP contribution in [0.4, 0.5) is 17.3 Å². The van der Waals surface area contributed by atoms with Gasteiger partial charge in [-0.1, -0.05) is 15.9 Å². The molecule has 2 aromatic rings. The SMILES string of the molecule is CCN(CC)c1cc(Nc2ccc(Br)cc2C)ncn1. The van der Waals surface area contributed by atoms with E-state index >= 15 is 0 Å². The van der Waals surface area contributed by atoms with E-state index in [9.17, 15) is 0 Å². The second-order valence-electron chi connectivity index (χ2n) is 4.52. The fourth-order valence-corrected chi connectivity index (χ4v) is 2.52. The van der Waals surface area contributed by atoms with Gasteiger partial charge in [0.2, 0.25) is 0 Å². The lowest BCUT2D eigenvalue weighted by atomic mass is 10.2. The number of nitrogens with zero attached hydrogens (tertiary/aromatic N) is 3. The molecule has 20 heavy (non-hydrogen) atoms. The van der Waals surface area contributed by atoms with E-state index in [-0.39, 0.29) is 0 Å². The van der Waals surface area contributed by atoms with Crippen LogP contribution in [0.3, 0.4) is 0 Å². The molecule has 106 valence electrons. The van der Waals surface area contributed by atoms with E-state index in [1.54, 1.807) is 6.33 Å². The Morgan fingerprint density at radius 2 is 1.90 bits per heavy atom. The van der Waals surface area contributed by atoms with E-state index in [2.05, 4.69) is 63.0 Å². The number of hydrogen-bond donors (Lipinski definition) is 1. The van der Waals surface area contributed by atoms with Gasteiger partial charge in [0.05, 0.1) is 0 Å². The van der Waals surface area contributed by atoms with Gasteiger partial charge in [-0.25, -0.2) is 9.97 Å². The third-order valence-electron chi connectivity index (χ3n) is 3.19. The molecule has 0 saturated heterocycles. The standard InChI is InChI=1S/C15H19BrN4/c1-4-20(5-2)15-9-14(17-10-18-15)19-13-7-6-12(16)8-11(13)3/h6-10H,4-5H2,1-3H3,(H,17,18,19). The summed E-state index contributed by atoms with van der Waals surface area (Å²) in [5.41, 5.74) is 2.22. The summed E-state index contributed by atoms with van der Waals surface area (Å²) in [5, 5.41) is 3.34. The zero-order chi connectivity index (χ0) is 14.5. The lowest BCUT2D eigenvalue weighted by Crippen LogP contribution is -2.23. The lowest BCUT2D eigenvalue weighted by Gasteiger charge is -2.20. The third-order valence-corrected chi connectivity index (χ3v) is 3.68. The number of halogens is 1. The molecule has 0 aliphatic rings. The van der Waals surface area contributed by atoms with Crippen LogP contribution < -0.4 is 10.2 Å². The summed E-state index contributed by atoms with van der Waals surface area (Å²) in [4.78, 5) is 10.8. The van der Waals surface area contributed by atoms with Gasteiger partial charge in [-0.2, -0.15) is 0 Å². The molecule has 4 nitrogen and oxygen atoms in total. The van der Waals surface area contributed by atoms with Crippen LogP contribution in [0.5, 0.6) is 0 Å². The molecule has 0 fully saturated rings. The Bertz CT molecular complexity index is 582. The molecule has 0 aliphatic carbocycles. The number of nitrogens with one attached hydrogen (secondary N) is 1. The number of aromatic nitrogens is 2. The summed E-state index contributed by atoms with van der Waals surface area (Å²) in [6.07, 6.45) is 1.60. The highest BCUT2D eigenvalue weighted by Crippen LogP contribution is 2.24. The van der Waals surface area contributed by atoms with Gasteiger partial charge in [-0.05, 0) is 44.5 Å². The third kappa shape index (κ3) is 3.48. The quantitative estimate of drug-likeness (QED) is 0.892. The summed E-state index contributed by atoms with van der Waals surface area (Å²) in [7, 11) is 0. The van der Waals surface area contributed by atoms with Crippen LogP contribution >= 0.6 is 15.9 Å². The number of anilines is 3. The van der Waals surface area contributed by atoms with Crippen molar-refractivity contribution in [3.05, 3.63) is 40.6 Å². The molecule has 0 bridgehead atoms. The zero-order valence-corrected chi connectivity index (χ0v) is 13.6. The Morgan fingerprint density at radius 1 is 1.15 bits per heavy atom. The number of hydrogen-bond acceptors (Lipinski definition) is 4. The highest BCUT2D eigenvalue weighted by atomic mass is 79.9. The van der Waals surface area contributed by atoms with Crippen molar-refractivity contribution in [1.29, 1.82) is 0 Å². The smallest absolute Gasteiger partial charge is 0.135 e. The Morgan fingerprint density at radius 3 is 2.55 bits per heavy atom. The molecular formula is C15H19BrN4. The van der Waals surface area contributed by atoms with Crippen LogP contribution in [0.1, 0.15) is 19.4 Å². The molecule has 2 rings (SSSR count). The van der Waals surface area contributed by atoms with Crippen molar-refractivity contribution in [3.63, 3.8) is 0 Å². The maximum atomic E-state index is 4.33. The average molecular weight is 335 g/mol. The van der Waals surface area contributed by atoms with Crippen LogP contribution in [-0.4, -0.2) is 23.1 Å². The maximum absolute atomic E-state index is 4.33. The van der Waals surface area contributed by atoms with Crippen molar-refractivity contribution in [1.82, 2.24) is 9.97 Å². The first-order chi connectivity index (χ1) is 9.63. The van der Waals surface area contributed by atoms with Crippen molar-refractivity contribution in [2.45, 2.75) is 20.8 Å². The number of aryl methyl sites for hydroxylation is 1. The van der Waals surface area contributed by atoms with E-state index in [4.69, 9.17) is 0 Å². The Kier molecular flexibility index (Phi) is 4.95. The maximum Gasteiger partial charge on any atom is 0.135 e. The number of rotatable bonds is 5. The van der Waals surface area contributed by atoms with Gasteiger partial charge in [0.25, 0.3) is 0 Å². The van der Waals surface area contributed by atoms with Gasteiger partial charge < -0.3 is 10.2 Å². The van der Waals surface area contributed by atoms with Gasteiger partial charge in [-0.15, -0.1) is 0 Å². The molecule has 0 spiro atoms. The van der Waals surface area contributed by atoms with Crippen molar-refractivity contribution in [3.8, 4) is 0 Å². The van der Waals surface area contributed by atoms with Crippen LogP contribution in [0.25, 0.3) is 0 Å². The van der Waals surface area contributed by atoms with E-state index < -0.39 is 0 Å². The zero-order valence-electron chi connectivity index (χ0n) is 12.0. The normalized spacial score (nSPS) is 10.4. The molecule has 1 heterocycles. The summed E-state index contributed by atoms with van der Waals surface area (Å²) >= 11 is 3.47. The first-order valence-electron chi connectivity index (χ1n) is 6.74. The predicted octanol–water partition coefficient (Wildman–Crippen LogP) is 4.14. The highest BCUT2D eigenvalue weighted by Gasteiger charge is 2.06. The van der Waals surface area contributed by atoms with Gasteiger partial charge in [0.1, 0.15) is 18.0 Å². The van der Waals surface area contributed by atoms with E-state index in [1.807, 2.05) is 18.2 Å². The Labute approximate surface area is 128 Å². The molecule has 5 heteroatoms. The monoisotopic (exact) mass is 334 g/mol. The van der Waals surface area contributed by atoms with Gasteiger partial charge in [0.15, 0.2) is 0 Å². The fraction of sp³-hybridized carbons (Fsp3) is 0.333. The van der Waals surface area contributed by atoms with Gasteiger partial charge in [0, 0.05) is 29.3 Å². The largest absolute Gasteiger partial charge is 0.357 e. The topological polar surface area (TPSA) is 41.0 Å². The molecule has 1 N–H and O–H groups in total. The van der Waals surface area contributed by atoms with Crippen LogP contribution in [-0.2, 0) is 0 Å². The van der Waals surface area contributed by atoms with Crippen LogP contribution in [0, 0.1) is 6.92 Å². The van der Waals surface area contributed by atoms with E-state index in [1.165, 1.54) is 5.56 Å². The minimum absolute atomic E-state index is 0.812. The molecule has 1 aromatic heterocycles. The fourth-order valence-electron chi connectivity index (χ4n) is 2.04. The van der Waals surface area contributed by atoms with E-state index in [0.717, 1.165) is 34.9 Å². The summed E-state index contributed by atoms with van der Waals surface area (Å²) in [5.74, 6) is 1.76. The van der Waals surface area contributed by atoms with Gasteiger partial charge in [-0.3, -0.25) is 0 Å². The molecule has 0 unspecified atom stereocenters. The summed E-state index contributed by atoms with van der Waals surface area (Å²) in [6.45, 7) is 8.18. The van der Waals surface area contributed by atoms with Crippen molar-refractivity contribution < 1.29 is 0 Å². The van der Waals surface area contributed by atoms with Gasteiger partial charge >= 0.3 is 0 Å². The highest BCUT2D eigenvalue weighted by molar-refractivity contribution is 9.10. The molecule has 0 amide bonds. The molecule has 1 aromatic carbocycles. The molecule has 0 atom stereocenters.